The Kier molecular flexibility index (Phi) is 7.92. The molecule has 1 aliphatic heterocycles. The van der Waals surface area contributed by atoms with Crippen LogP contribution in [0.25, 0.3) is 10.8 Å². The molecule has 0 aliphatic carbocycles. The van der Waals surface area contributed by atoms with E-state index in [0.29, 0.717) is 50.1 Å². The second-order valence-corrected chi connectivity index (χ2v) is 11.8. The van der Waals surface area contributed by atoms with Gasteiger partial charge in [-0.25, -0.2) is 8.42 Å². The lowest BCUT2D eigenvalue weighted by molar-refractivity contribution is 0.0614. The van der Waals surface area contributed by atoms with E-state index in [-0.39, 0.29) is 22.6 Å². The van der Waals surface area contributed by atoms with Gasteiger partial charge in [-0.3, -0.25) is 14.7 Å². The van der Waals surface area contributed by atoms with Crippen LogP contribution in [0.2, 0.25) is 0 Å². The van der Waals surface area contributed by atoms with Crippen LogP contribution < -0.4 is 0 Å². The van der Waals surface area contributed by atoms with Crippen LogP contribution in [-0.4, -0.2) is 84.3 Å². The van der Waals surface area contributed by atoms with Crippen molar-refractivity contribution in [1.29, 1.82) is 0 Å². The van der Waals surface area contributed by atoms with E-state index in [0.717, 1.165) is 10.9 Å². The Hall–Kier alpha value is -3.79. The smallest absolute Gasteiger partial charge is 0.253 e. The first kappa shape index (κ1) is 26.8. The fourth-order valence-corrected chi connectivity index (χ4v) is 6.63. The Morgan fingerprint density at radius 1 is 0.949 bits per heavy atom. The van der Waals surface area contributed by atoms with Crippen LogP contribution in [-0.2, 0) is 16.4 Å². The number of phenolic OH excluding ortho intramolecular Hbond substituents is 1. The van der Waals surface area contributed by atoms with Crippen LogP contribution in [0.15, 0.2) is 96.2 Å². The molecule has 1 unspecified atom stereocenters. The van der Waals surface area contributed by atoms with Crippen molar-refractivity contribution in [1.82, 2.24) is 19.1 Å². The molecule has 2 heterocycles. The summed E-state index contributed by atoms with van der Waals surface area (Å²) in [6.45, 7) is 2.96. The molecule has 3 aromatic carbocycles. The largest absolute Gasteiger partial charge is 0.508 e. The summed E-state index contributed by atoms with van der Waals surface area (Å²) < 4.78 is 29.4. The molecule has 0 spiro atoms. The van der Waals surface area contributed by atoms with E-state index in [1.54, 1.807) is 49.8 Å². The zero-order valence-corrected chi connectivity index (χ0v) is 22.7. The Morgan fingerprint density at radius 2 is 1.67 bits per heavy atom. The third-order valence-electron chi connectivity index (χ3n) is 7.37. The number of carbonyl (C=O) groups excluding carboxylic acids is 1. The molecule has 39 heavy (non-hydrogen) atoms. The van der Waals surface area contributed by atoms with E-state index in [1.165, 1.54) is 4.31 Å². The second kappa shape index (κ2) is 11.5. The van der Waals surface area contributed by atoms with Gasteiger partial charge >= 0.3 is 0 Å². The molecule has 9 heteroatoms. The number of amides is 1. The first-order valence-corrected chi connectivity index (χ1v) is 14.4. The van der Waals surface area contributed by atoms with Crippen LogP contribution >= 0.6 is 0 Å². The van der Waals surface area contributed by atoms with Crippen molar-refractivity contribution in [2.45, 2.75) is 17.4 Å². The zero-order chi connectivity index (χ0) is 27.4. The molecule has 5 rings (SSSR count). The normalized spacial score (nSPS) is 15.5. The molecule has 1 fully saturated rings. The number of fused-ring (bicyclic) bond motifs is 1. The number of nitrogens with zero attached hydrogens (tertiary/aromatic N) is 4. The number of carbonyl (C=O) groups is 1. The fourth-order valence-electron chi connectivity index (χ4n) is 5.08. The van der Waals surface area contributed by atoms with Crippen molar-refractivity contribution in [3.63, 3.8) is 0 Å². The van der Waals surface area contributed by atoms with Gasteiger partial charge in [-0.15, -0.1) is 0 Å². The molecular weight excluding hydrogens is 512 g/mol. The van der Waals surface area contributed by atoms with Gasteiger partial charge in [-0.2, -0.15) is 4.31 Å². The number of aromatic hydroxyl groups is 1. The Morgan fingerprint density at radius 3 is 2.38 bits per heavy atom. The number of benzene rings is 3. The molecule has 1 N–H and O–H groups in total. The number of piperazine rings is 1. The summed E-state index contributed by atoms with van der Waals surface area (Å²) in [6, 6.07) is 22.7. The maximum Gasteiger partial charge on any atom is 0.253 e. The highest BCUT2D eigenvalue weighted by molar-refractivity contribution is 7.89. The van der Waals surface area contributed by atoms with Gasteiger partial charge in [0.05, 0.1) is 4.90 Å². The monoisotopic (exact) mass is 544 g/mol. The van der Waals surface area contributed by atoms with Crippen LogP contribution in [0.5, 0.6) is 5.75 Å². The predicted molar refractivity (Wildman–Crippen MR) is 151 cm³/mol. The highest BCUT2D eigenvalue weighted by Crippen LogP contribution is 2.27. The van der Waals surface area contributed by atoms with Gasteiger partial charge in [-0.05, 0) is 48.4 Å². The Balaban J connectivity index is 1.36. The second-order valence-electron chi connectivity index (χ2n) is 9.86. The minimum Gasteiger partial charge on any atom is -0.508 e. The number of sulfonamides is 1. The first-order chi connectivity index (χ1) is 18.8. The SMILES string of the molecule is CN(C(Cc1ccc(O)cc1)CN1CCN(C(=O)c2ccccc2)CC1)S(=O)(=O)c1cccc2cnccc12. The summed E-state index contributed by atoms with van der Waals surface area (Å²) in [7, 11) is -2.20. The van der Waals surface area contributed by atoms with Gasteiger partial charge in [0.15, 0.2) is 0 Å². The molecule has 1 saturated heterocycles. The third kappa shape index (κ3) is 5.95. The highest BCUT2D eigenvalue weighted by atomic mass is 32.2. The predicted octanol–water partition coefficient (Wildman–Crippen LogP) is 3.63. The van der Waals surface area contributed by atoms with Crippen molar-refractivity contribution < 1.29 is 18.3 Å². The molecule has 202 valence electrons. The van der Waals surface area contributed by atoms with Gasteiger partial charge in [0.25, 0.3) is 5.91 Å². The average molecular weight is 545 g/mol. The topological polar surface area (TPSA) is 94.0 Å². The summed E-state index contributed by atoms with van der Waals surface area (Å²) in [6.07, 6.45) is 3.75. The van der Waals surface area contributed by atoms with Crippen molar-refractivity contribution in [2.75, 3.05) is 39.8 Å². The van der Waals surface area contributed by atoms with Gasteiger partial charge in [0.1, 0.15) is 5.75 Å². The van der Waals surface area contributed by atoms with E-state index < -0.39 is 10.0 Å². The molecule has 0 bridgehead atoms. The molecule has 1 atom stereocenters. The highest BCUT2D eigenvalue weighted by Gasteiger charge is 2.32. The lowest BCUT2D eigenvalue weighted by Crippen LogP contribution is -2.53. The third-order valence-corrected chi connectivity index (χ3v) is 9.34. The number of rotatable bonds is 8. The van der Waals surface area contributed by atoms with Crippen molar-refractivity contribution >= 4 is 26.7 Å². The van der Waals surface area contributed by atoms with Crippen LogP contribution in [0, 0.1) is 0 Å². The van der Waals surface area contributed by atoms with E-state index >= 15 is 0 Å². The van der Waals surface area contributed by atoms with Gasteiger partial charge in [-0.1, -0.05) is 42.5 Å². The van der Waals surface area contributed by atoms with Crippen molar-refractivity contribution in [3.8, 4) is 5.75 Å². The molecule has 1 aromatic heterocycles. The van der Waals surface area contributed by atoms with Crippen molar-refractivity contribution in [3.05, 3.63) is 102 Å². The van der Waals surface area contributed by atoms with E-state index in [9.17, 15) is 18.3 Å². The van der Waals surface area contributed by atoms with E-state index in [4.69, 9.17) is 0 Å². The van der Waals surface area contributed by atoms with Gasteiger partial charge < -0.3 is 10.0 Å². The minimum atomic E-state index is -3.84. The molecule has 8 nitrogen and oxygen atoms in total. The van der Waals surface area contributed by atoms with E-state index in [1.807, 2.05) is 53.4 Å². The molecular formula is C30H32N4O4S. The van der Waals surface area contributed by atoms with Crippen molar-refractivity contribution in [2.24, 2.45) is 0 Å². The van der Waals surface area contributed by atoms with Crippen LogP contribution in [0.4, 0.5) is 0 Å². The minimum absolute atomic E-state index is 0.0148. The van der Waals surface area contributed by atoms with E-state index in [2.05, 4.69) is 9.88 Å². The van der Waals surface area contributed by atoms with Gasteiger partial charge in [0.2, 0.25) is 10.0 Å². The average Bonchev–Trinajstić information content (AvgIpc) is 2.97. The number of pyridine rings is 1. The quantitative estimate of drug-likeness (QED) is 0.364. The number of aromatic nitrogens is 1. The molecule has 1 amide bonds. The summed E-state index contributed by atoms with van der Waals surface area (Å²) in [5, 5.41) is 11.1. The van der Waals surface area contributed by atoms with Crippen LogP contribution in [0.3, 0.4) is 0 Å². The first-order valence-electron chi connectivity index (χ1n) is 13.0. The van der Waals surface area contributed by atoms with Crippen LogP contribution in [0.1, 0.15) is 15.9 Å². The number of phenols is 1. The summed E-state index contributed by atoms with van der Waals surface area (Å²) >= 11 is 0. The molecule has 0 saturated carbocycles. The molecule has 4 aromatic rings. The molecule has 1 aliphatic rings. The Labute approximate surface area is 229 Å². The molecule has 0 radical (unpaired) electrons. The summed E-state index contributed by atoms with van der Waals surface area (Å²) in [4.78, 5) is 21.3. The maximum absolute atomic E-state index is 14.0. The summed E-state index contributed by atoms with van der Waals surface area (Å²) in [5.41, 5.74) is 1.60. The fraction of sp³-hybridized carbons (Fsp3) is 0.267. The summed E-state index contributed by atoms with van der Waals surface area (Å²) in [5.74, 6) is 0.181. The zero-order valence-electron chi connectivity index (χ0n) is 21.8. The number of hydrogen-bond acceptors (Lipinski definition) is 6. The lowest BCUT2D eigenvalue weighted by atomic mass is 10.0. The standard InChI is InChI=1S/C30H32N4O4S/c1-32(39(37,38)29-9-5-8-25-21-31-15-14-28(25)29)26(20-23-10-12-27(35)13-11-23)22-33-16-18-34(19-17-33)30(36)24-6-3-2-4-7-24/h2-15,21,26,35H,16-20,22H2,1H3. The maximum atomic E-state index is 14.0. The Bertz CT molecular complexity index is 1530. The lowest BCUT2D eigenvalue weighted by Gasteiger charge is -2.38. The van der Waals surface area contributed by atoms with Gasteiger partial charge in [0, 0.05) is 74.5 Å². The number of likely N-dealkylation sites (N-methyl/N-ethyl adjacent to an activating group) is 1. The number of hydrogen-bond donors (Lipinski definition) is 1.